The fourth-order valence-corrected chi connectivity index (χ4v) is 1.83. The van der Waals surface area contributed by atoms with Crippen molar-refractivity contribution in [3.63, 3.8) is 0 Å². The number of nitrogens with two attached hydrogens (primary N) is 1. The van der Waals surface area contributed by atoms with Crippen LogP contribution in [0.4, 0.5) is 0 Å². The topological polar surface area (TPSA) is 149 Å². The number of hydrogen-bond acceptors (Lipinski definition) is 8. The minimum Gasteiger partial charge on any atom is -0.387 e. The second-order valence-corrected chi connectivity index (χ2v) is 3.94. The predicted molar refractivity (Wildman–Crippen MR) is 58.5 cm³/mol. The number of nitrogens with one attached hydrogen (secondary N) is 1. The zero-order chi connectivity index (χ0) is 14.0. The minimum atomic E-state index is -1.37. The second-order valence-electron chi connectivity index (χ2n) is 3.94. The summed E-state index contributed by atoms with van der Waals surface area (Å²) in [6.07, 6.45) is -3.58. The van der Waals surface area contributed by atoms with Crippen LogP contribution in [0.2, 0.25) is 0 Å². The highest BCUT2D eigenvalue weighted by atomic mass is 17.3. The number of aromatic nitrogens is 2. The van der Waals surface area contributed by atoms with Crippen LogP contribution in [-0.2, 0) is 14.6 Å². The molecule has 0 bridgehead atoms. The Morgan fingerprint density at radius 3 is 2.79 bits per heavy atom. The van der Waals surface area contributed by atoms with Gasteiger partial charge in [-0.3, -0.25) is 14.3 Å². The molecule has 5 N–H and O–H groups in total. The average molecular weight is 275 g/mol. The fraction of sp³-hybridized carbons (Fsp3) is 0.556. The number of hydrogen-bond donors (Lipinski definition) is 4. The van der Waals surface area contributed by atoms with Gasteiger partial charge in [-0.05, 0) is 0 Å². The highest BCUT2D eigenvalue weighted by Gasteiger charge is 2.44. The van der Waals surface area contributed by atoms with E-state index >= 15 is 0 Å². The highest BCUT2D eigenvalue weighted by molar-refractivity contribution is 4.92. The van der Waals surface area contributed by atoms with E-state index in [4.69, 9.17) is 4.74 Å². The van der Waals surface area contributed by atoms with Crippen LogP contribution < -0.4 is 17.1 Å². The first-order chi connectivity index (χ1) is 9.04. The van der Waals surface area contributed by atoms with Gasteiger partial charge in [0.05, 0.1) is 0 Å². The van der Waals surface area contributed by atoms with Gasteiger partial charge in [-0.15, -0.1) is 4.99 Å². The fourth-order valence-electron chi connectivity index (χ4n) is 1.83. The maximum absolute atomic E-state index is 11.6. The van der Waals surface area contributed by atoms with Gasteiger partial charge in [0.15, 0.2) is 6.23 Å². The van der Waals surface area contributed by atoms with Crippen LogP contribution >= 0.6 is 0 Å². The van der Waals surface area contributed by atoms with Crippen molar-refractivity contribution in [3.05, 3.63) is 33.1 Å². The van der Waals surface area contributed by atoms with Crippen LogP contribution in [0.1, 0.15) is 6.23 Å². The molecule has 1 aliphatic rings. The summed E-state index contributed by atoms with van der Waals surface area (Å²) in [5, 5.41) is 19.5. The van der Waals surface area contributed by atoms with Crippen molar-refractivity contribution in [2.75, 3.05) is 6.61 Å². The van der Waals surface area contributed by atoms with E-state index in [0.29, 0.717) is 0 Å². The van der Waals surface area contributed by atoms with E-state index in [1.54, 1.807) is 0 Å². The summed E-state index contributed by atoms with van der Waals surface area (Å²) in [4.78, 5) is 32.8. The molecule has 0 unspecified atom stereocenters. The van der Waals surface area contributed by atoms with Gasteiger partial charge in [-0.25, -0.2) is 9.68 Å². The third-order valence-electron chi connectivity index (χ3n) is 2.76. The lowest BCUT2D eigenvalue weighted by Gasteiger charge is -2.16. The number of aromatic amines is 1. The molecule has 0 radical (unpaired) electrons. The molecule has 10 heteroatoms. The summed E-state index contributed by atoms with van der Waals surface area (Å²) < 4.78 is 6.23. The molecule has 0 saturated carbocycles. The average Bonchev–Trinajstić information content (AvgIpc) is 2.64. The Labute approximate surface area is 105 Å². The first-order valence-corrected chi connectivity index (χ1v) is 5.36. The molecule has 1 aliphatic heterocycles. The second kappa shape index (κ2) is 5.61. The smallest absolute Gasteiger partial charge is 0.330 e. The van der Waals surface area contributed by atoms with Crippen molar-refractivity contribution in [1.29, 1.82) is 0 Å². The zero-order valence-corrected chi connectivity index (χ0v) is 9.63. The summed E-state index contributed by atoms with van der Waals surface area (Å²) in [5.74, 6) is 4.66. The highest BCUT2D eigenvalue weighted by Crippen LogP contribution is 2.28. The number of nitrogens with zero attached hydrogens (tertiary/aromatic N) is 1. The molecule has 1 fully saturated rings. The molecule has 10 nitrogen and oxygen atoms in total. The first-order valence-electron chi connectivity index (χ1n) is 5.36. The van der Waals surface area contributed by atoms with Crippen molar-refractivity contribution in [3.8, 4) is 0 Å². The van der Waals surface area contributed by atoms with Crippen LogP contribution in [0.15, 0.2) is 21.9 Å². The van der Waals surface area contributed by atoms with Gasteiger partial charge < -0.3 is 14.9 Å². The van der Waals surface area contributed by atoms with Crippen LogP contribution in [0.25, 0.3) is 0 Å². The number of aliphatic hydroxyl groups excluding tert-OH is 2. The van der Waals surface area contributed by atoms with Crippen molar-refractivity contribution in [2.24, 2.45) is 5.90 Å². The van der Waals surface area contributed by atoms with E-state index in [1.807, 2.05) is 4.98 Å². The molecular formula is C9H13N3O7. The summed E-state index contributed by atoms with van der Waals surface area (Å²) in [7, 11) is 0. The van der Waals surface area contributed by atoms with Crippen LogP contribution in [0, 0.1) is 0 Å². The lowest BCUT2D eigenvalue weighted by molar-refractivity contribution is -0.314. The Morgan fingerprint density at radius 1 is 1.42 bits per heavy atom. The third-order valence-corrected chi connectivity index (χ3v) is 2.76. The monoisotopic (exact) mass is 275 g/mol. The van der Waals surface area contributed by atoms with E-state index < -0.39 is 35.8 Å². The molecule has 1 aromatic rings. The summed E-state index contributed by atoms with van der Waals surface area (Å²) in [6, 6.07) is 1.09. The Hall–Kier alpha value is -1.56. The Kier molecular flexibility index (Phi) is 4.09. The number of ether oxygens (including phenoxy) is 1. The van der Waals surface area contributed by atoms with Crippen molar-refractivity contribution < 1.29 is 24.8 Å². The molecule has 1 saturated heterocycles. The Morgan fingerprint density at radius 2 is 2.16 bits per heavy atom. The van der Waals surface area contributed by atoms with E-state index in [1.165, 1.54) is 0 Å². The van der Waals surface area contributed by atoms with Gasteiger partial charge in [-0.1, -0.05) is 0 Å². The summed E-state index contributed by atoms with van der Waals surface area (Å²) in [6.45, 7) is -0.233. The van der Waals surface area contributed by atoms with Gasteiger partial charge >= 0.3 is 5.69 Å². The van der Waals surface area contributed by atoms with Gasteiger partial charge in [0.25, 0.3) is 5.56 Å². The molecule has 1 aromatic heterocycles. The zero-order valence-electron chi connectivity index (χ0n) is 9.63. The normalized spacial score (nSPS) is 30.7. The third kappa shape index (κ3) is 2.73. The predicted octanol–water partition coefficient (Wildman–Crippen LogP) is -3.02. The standard InChI is InChI=1S/C9H13N3O7/c10-19-17-3-4-6(14)7(15)8(18-4)12-2-1-5(13)11-9(12)16/h1-2,4,6-8,14-15H,3,10H2,(H,11,13,16)/t4-,6-,7-,8-/m1/s1. The van der Waals surface area contributed by atoms with Crippen molar-refractivity contribution in [1.82, 2.24) is 9.55 Å². The molecule has 4 atom stereocenters. The summed E-state index contributed by atoms with van der Waals surface area (Å²) in [5.41, 5.74) is -1.34. The van der Waals surface area contributed by atoms with E-state index in [9.17, 15) is 19.8 Å². The molecular weight excluding hydrogens is 262 g/mol. The number of rotatable bonds is 4. The molecule has 19 heavy (non-hydrogen) atoms. The quantitative estimate of drug-likeness (QED) is 0.335. The van der Waals surface area contributed by atoms with Gasteiger partial charge in [0.2, 0.25) is 0 Å². The van der Waals surface area contributed by atoms with Crippen LogP contribution in [0.5, 0.6) is 0 Å². The first kappa shape index (κ1) is 13.9. The van der Waals surface area contributed by atoms with E-state index in [2.05, 4.69) is 15.8 Å². The minimum absolute atomic E-state index is 0.233. The van der Waals surface area contributed by atoms with Gasteiger partial charge in [0.1, 0.15) is 24.9 Å². The van der Waals surface area contributed by atoms with Gasteiger partial charge in [-0.2, -0.15) is 5.90 Å². The molecule has 0 spiro atoms. The molecule has 106 valence electrons. The number of H-pyrrole nitrogens is 1. The van der Waals surface area contributed by atoms with Gasteiger partial charge in [0, 0.05) is 12.3 Å². The van der Waals surface area contributed by atoms with E-state index in [-0.39, 0.29) is 6.61 Å². The molecule has 0 aromatic carbocycles. The van der Waals surface area contributed by atoms with Crippen LogP contribution in [-0.4, -0.2) is 44.7 Å². The largest absolute Gasteiger partial charge is 0.387 e. The maximum atomic E-state index is 11.6. The van der Waals surface area contributed by atoms with E-state index in [0.717, 1.165) is 16.8 Å². The number of aliphatic hydroxyl groups is 2. The molecule has 2 rings (SSSR count). The molecule has 2 heterocycles. The lowest BCUT2D eigenvalue weighted by atomic mass is 10.1. The Balaban J connectivity index is 2.21. The van der Waals surface area contributed by atoms with Crippen molar-refractivity contribution >= 4 is 0 Å². The SMILES string of the molecule is NOOC[C@H]1O[C@@H](n2ccc(=O)[nH]c2=O)[C@H](O)[C@@H]1O. The summed E-state index contributed by atoms with van der Waals surface area (Å²) >= 11 is 0. The maximum Gasteiger partial charge on any atom is 0.330 e. The molecule has 0 aliphatic carbocycles. The molecule has 0 amide bonds. The Bertz CT molecular complexity index is 541. The lowest BCUT2D eigenvalue weighted by Crippen LogP contribution is -2.37. The van der Waals surface area contributed by atoms with Crippen molar-refractivity contribution in [2.45, 2.75) is 24.5 Å². The van der Waals surface area contributed by atoms with Crippen LogP contribution in [0.3, 0.4) is 0 Å².